The average Bonchev–Trinajstić information content (AvgIpc) is 3.03. The first kappa shape index (κ1) is 14.8. The number of carbonyl (C=O) groups is 1. The van der Waals surface area contributed by atoms with E-state index >= 15 is 0 Å². The van der Waals surface area contributed by atoms with Gasteiger partial charge in [0, 0.05) is 12.5 Å². The summed E-state index contributed by atoms with van der Waals surface area (Å²) >= 11 is 0. The van der Waals surface area contributed by atoms with Crippen LogP contribution in [0.3, 0.4) is 0 Å². The Balaban J connectivity index is 1.72. The summed E-state index contributed by atoms with van der Waals surface area (Å²) in [4.78, 5) is 14.8. The maximum Gasteiger partial charge on any atom is 0.162 e. The highest BCUT2D eigenvalue weighted by atomic mass is 16.1. The van der Waals surface area contributed by atoms with Crippen molar-refractivity contribution in [3.8, 4) is 0 Å². The first-order chi connectivity index (χ1) is 9.31. The van der Waals surface area contributed by atoms with E-state index in [1.165, 1.54) is 51.6 Å². The average molecular weight is 263 g/mol. The molecular weight excluding hydrogens is 234 g/mol. The van der Waals surface area contributed by atoms with Gasteiger partial charge in [-0.25, -0.2) is 0 Å². The minimum Gasteiger partial charge on any atom is -0.303 e. The minimum atomic E-state index is 0.306. The van der Waals surface area contributed by atoms with Crippen LogP contribution in [0.1, 0.15) is 64.7 Å². The molecule has 0 aromatic heterocycles. The molecule has 2 heteroatoms. The lowest BCUT2D eigenvalue weighted by Gasteiger charge is -2.18. The second-order valence-electron chi connectivity index (χ2n) is 6.19. The zero-order valence-electron chi connectivity index (χ0n) is 12.5. The van der Waals surface area contributed by atoms with Gasteiger partial charge in [0.2, 0.25) is 0 Å². The van der Waals surface area contributed by atoms with Gasteiger partial charge >= 0.3 is 0 Å². The number of allylic oxidation sites excluding steroid dienone is 2. The van der Waals surface area contributed by atoms with Crippen LogP contribution >= 0.6 is 0 Å². The van der Waals surface area contributed by atoms with E-state index in [1.807, 2.05) is 0 Å². The van der Waals surface area contributed by atoms with Gasteiger partial charge in [0.05, 0.1) is 0 Å². The molecule has 0 amide bonds. The summed E-state index contributed by atoms with van der Waals surface area (Å²) in [6, 6.07) is 0. The van der Waals surface area contributed by atoms with Gasteiger partial charge < -0.3 is 4.90 Å². The number of likely N-dealkylation sites (tertiary alicyclic amines) is 1. The number of ketones is 1. The Bertz CT molecular complexity index is 315. The molecule has 2 rings (SSSR count). The maximum absolute atomic E-state index is 12.3. The molecule has 0 spiro atoms. The molecule has 1 saturated carbocycles. The van der Waals surface area contributed by atoms with Crippen LogP contribution in [0, 0.1) is 5.92 Å². The lowest BCUT2D eigenvalue weighted by atomic mass is 10.0. The zero-order valence-corrected chi connectivity index (χ0v) is 12.5. The van der Waals surface area contributed by atoms with Crippen molar-refractivity contribution in [3.05, 3.63) is 11.6 Å². The molecule has 1 saturated heterocycles. The highest BCUT2D eigenvalue weighted by molar-refractivity contribution is 5.99. The van der Waals surface area contributed by atoms with Gasteiger partial charge in [0.15, 0.2) is 5.78 Å². The predicted octanol–water partition coefficient (Wildman–Crippen LogP) is 3.96. The largest absolute Gasteiger partial charge is 0.303 e. The van der Waals surface area contributed by atoms with Crippen molar-refractivity contribution >= 4 is 5.78 Å². The molecule has 0 aromatic carbocycles. The summed E-state index contributed by atoms with van der Waals surface area (Å²) in [6.07, 6.45) is 13.3. The van der Waals surface area contributed by atoms with Gasteiger partial charge in [0.25, 0.3) is 0 Å². The van der Waals surface area contributed by atoms with Crippen LogP contribution in [0.4, 0.5) is 0 Å². The lowest BCUT2D eigenvalue weighted by Crippen LogP contribution is -2.28. The molecule has 2 fully saturated rings. The van der Waals surface area contributed by atoms with Gasteiger partial charge in [-0.3, -0.25) is 4.79 Å². The molecule has 1 aliphatic heterocycles. The van der Waals surface area contributed by atoms with Crippen molar-refractivity contribution in [1.82, 2.24) is 4.90 Å². The van der Waals surface area contributed by atoms with Crippen LogP contribution in [0.5, 0.6) is 0 Å². The Labute approximate surface area is 118 Å². The van der Waals surface area contributed by atoms with E-state index in [4.69, 9.17) is 0 Å². The summed E-state index contributed by atoms with van der Waals surface area (Å²) in [5, 5.41) is 0. The normalized spacial score (nSPS) is 26.7. The highest BCUT2D eigenvalue weighted by Gasteiger charge is 2.30. The number of unbranched alkanes of at least 4 members (excludes halogenated alkanes) is 4. The van der Waals surface area contributed by atoms with Crippen LogP contribution in [-0.4, -0.2) is 30.3 Å². The third-order valence-electron chi connectivity index (χ3n) is 4.58. The van der Waals surface area contributed by atoms with E-state index in [0.29, 0.717) is 11.7 Å². The first-order valence-electron chi connectivity index (χ1n) is 8.27. The van der Waals surface area contributed by atoms with Gasteiger partial charge in [-0.15, -0.1) is 0 Å². The second-order valence-corrected chi connectivity index (χ2v) is 6.19. The SMILES string of the molecule is CCCCCC/C=C1\CCC(CN2CCCC2)C1=O. The molecule has 0 N–H and O–H groups in total. The number of hydrogen-bond acceptors (Lipinski definition) is 2. The van der Waals surface area contributed by atoms with E-state index in [2.05, 4.69) is 17.9 Å². The molecule has 0 radical (unpaired) electrons. The molecule has 2 aliphatic rings. The third-order valence-corrected chi connectivity index (χ3v) is 4.58. The van der Waals surface area contributed by atoms with E-state index in [9.17, 15) is 4.79 Å². The van der Waals surface area contributed by atoms with Gasteiger partial charge in [0.1, 0.15) is 0 Å². The zero-order chi connectivity index (χ0) is 13.5. The number of rotatable bonds is 7. The molecule has 1 atom stereocenters. The van der Waals surface area contributed by atoms with Crippen LogP contribution < -0.4 is 0 Å². The fraction of sp³-hybridized carbons (Fsp3) is 0.824. The van der Waals surface area contributed by atoms with Crippen molar-refractivity contribution in [2.45, 2.75) is 64.7 Å². The van der Waals surface area contributed by atoms with Crippen LogP contribution in [0.2, 0.25) is 0 Å². The minimum absolute atomic E-state index is 0.306. The van der Waals surface area contributed by atoms with Gasteiger partial charge in [-0.1, -0.05) is 32.3 Å². The number of hydrogen-bond donors (Lipinski definition) is 0. The number of Topliss-reactive ketones (excluding diaryl/α,β-unsaturated/α-hetero) is 1. The Hall–Kier alpha value is -0.630. The fourth-order valence-electron chi connectivity index (χ4n) is 3.35. The van der Waals surface area contributed by atoms with Crippen molar-refractivity contribution in [1.29, 1.82) is 0 Å². The third kappa shape index (κ3) is 4.45. The van der Waals surface area contributed by atoms with Crippen molar-refractivity contribution < 1.29 is 4.79 Å². The molecular formula is C17H29NO. The lowest BCUT2D eigenvalue weighted by molar-refractivity contribution is -0.118. The molecule has 0 bridgehead atoms. The van der Waals surface area contributed by atoms with Crippen LogP contribution in [0.15, 0.2) is 11.6 Å². The smallest absolute Gasteiger partial charge is 0.162 e. The van der Waals surface area contributed by atoms with E-state index in [-0.39, 0.29) is 0 Å². The fourth-order valence-corrected chi connectivity index (χ4v) is 3.35. The van der Waals surface area contributed by atoms with E-state index < -0.39 is 0 Å². The Morgan fingerprint density at radius 2 is 2.00 bits per heavy atom. The number of carbonyl (C=O) groups excluding carboxylic acids is 1. The van der Waals surface area contributed by atoms with E-state index in [1.54, 1.807) is 0 Å². The number of nitrogens with zero attached hydrogens (tertiary/aromatic N) is 1. The van der Waals surface area contributed by atoms with Crippen molar-refractivity contribution in [3.63, 3.8) is 0 Å². The Kier molecular flexibility index (Phi) is 6.09. The molecule has 108 valence electrons. The second kappa shape index (κ2) is 7.84. The summed E-state index contributed by atoms with van der Waals surface area (Å²) in [5.74, 6) is 0.766. The molecule has 1 unspecified atom stereocenters. The molecule has 1 aliphatic carbocycles. The first-order valence-corrected chi connectivity index (χ1v) is 8.27. The monoisotopic (exact) mass is 263 g/mol. The molecule has 0 aromatic rings. The standard InChI is InChI=1S/C17H29NO/c1-2-3-4-5-6-9-15-10-11-16(17(15)19)14-18-12-7-8-13-18/h9,16H,2-8,10-14H2,1H3/b15-9+. The Morgan fingerprint density at radius 1 is 1.21 bits per heavy atom. The van der Waals surface area contributed by atoms with Gasteiger partial charge in [-0.05, 0) is 57.2 Å². The summed E-state index contributed by atoms with van der Waals surface area (Å²) in [5.41, 5.74) is 1.14. The molecule has 1 heterocycles. The van der Waals surface area contributed by atoms with Gasteiger partial charge in [-0.2, -0.15) is 0 Å². The topological polar surface area (TPSA) is 20.3 Å². The maximum atomic E-state index is 12.3. The Morgan fingerprint density at radius 3 is 2.74 bits per heavy atom. The summed E-state index contributed by atoms with van der Waals surface area (Å²) in [7, 11) is 0. The van der Waals surface area contributed by atoms with E-state index in [0.717, 1.165) is 31.4 Å². The quantitative estimate of drug-likeness (QED) is 0.512. The molecule has 19 heavy (non-hydrogen) atoms. The molecule has 2 nitrogen and oxygen atoms in total. The van der Waals surface area contributed by atoms with Crippen molar-refractivity contribution in [2.24, 2.45) is 5.92 Å². The van der Waals surface area contributed by atoms with Crippen LogP contribution in [-0.2, 0) is 4.79 Å². The van der Waals surface area contributed by atoms with Crippen LogP contribution in [0.25, 0.3) is 0 Å². The van der Waals surface area contributed by atoms with Crippen molar-refractivity contribution in [2.75, 3.05) is 19.6 Å². The summed E-state index contributed by atoms with van der Waals surface area (Å²) < 4.78 is 0. The highest BCUT2D eigenvalue weighted by Crippen LogP contribution is 2.29. The predicted molar refractivity (Wildman–Crippen MR) is 80.2 cm³/mol. The summed E-state index contributed by atoms with van der Waals surface area (Å²) in [6.45, 7) is 5.67.